The summed E-state index contributed by atoms with van der Waals surface area (Å²) < 4.78 is 18.1. The lowest BCUT2D eigenvalue weighted by Gasteiger charge is -2.08. The van der Waals surface area contributed by atoms with E-state index in [1.165, 1.54) is 43.6 Å². The molecule has 0 aliphatic carbocycles. The Balaban J connectivity index is 0.930. The van der Waals surface area contributed by atoms with Crippen LogP contribution in [0.4, 0.5) is 0 Å². The molecule has 9 aromatic carbocycles. The first-order valence-electron chi connectivity index (χ1n) is 19.8. The van der Waals surface area contributed by atoms with Gasteiger partial charge < -0.3 is 18.0 Å². The average molecular weight is 741 g/mol. The molecule has 4 nitrogen and oxygen atoms in total. The van der Waals surface area contributed by atoms with E-state index in [0.717, 1.165) is 77.5 Å². The van der Waals surface area contributed by atoms with Crippen molar-refractivity contribution in [3.05, 3.63) is 194 Å². The van der Waals surface area contributed by atoms with Crippen LogP contribution in [0.1, 0.15) is 0 Å². The number of para-hydroxylation sites is 6. The summed E-state index contributed by atoms with van der Waals surface area (Å²) in [4.78, 5) is 0. The standard InChI is InChI=1S/C54H32N2O2/c1-5-22-47-39(14-1)40-15-2-6-23-48(40)55(47)35-26-28-51-45(31-35)43-20-10-18-37(53(43)57-51)33-12-9-13-34(30-33)38-19-11-21-44-46-32-36(27-29-52(46)58-54(38)44)56-49-24-7-3-16-41(49)42-17-4-8-25-50(42)56/h1-32H. The molecule has 0 fully saturated rings. The lowest BCUT2D eigenvalue weighted by atomic mass is 9.96. The van der Waals surface area contributed by atoms with E-state index in [1.54, 1.807) is 0 Å². The Bertz CT molecular complexity index is 3460. The van der Waals surface area contributed by atoms with Crippen LogP contribution < -0.4 is 0 Å². The highest BCUT2D eigenvalue weighted by Crippen LogP contribution is 2.42. The zero-order chi connectivity index (χ0) is 37.9. The van der Waals surface area contributed by atoms with Gasteiger partial charge in [0.25, 0.3) is 0 Å². The summed E-state index contributed by atoms with van der Waals surface area (Å²) in [5.41, 5.74) is 14.8. The number of hydrogen-bond acceptors (Lipinski definition) is 2. The van der Waals surface area contributed by atoms with Crippen LogP contribution in [-0.2, 0) is 0 Å². The van der Waals surface area contributed by atoms with Crippen molar-refractivity contribution in [2.24, 2.45) is 0 Å². The Morgan fingerprint density at radius 1 is 0.276 bits per heavy atom. The number of aromatic nitrogens is 2. The average Bonchev–Trinajstić information content (AvgIpc) is 4.04. The maximum Gasteiger partial charge on any atom is 0.143 e. The molecule has 4 heterocycles. The molecule has 0 atom stereocenters. The quantitative estimate of drug-likeness (QED) is 0.180. The molecule has 13 rings (SSSR count). The van der Waals surface area contributed by atoms with Gasteiger partial charge in [-0.2, -0.15) is 0 Å². The van der Waals surface area contributed by atoms with E-state index in [4.69, 9.17) is 8.83 Å². The van der Waals surface area contributed by atoms with Crippen molar-refractivity contribution in [1.29, 1.82) is 0 Å². The van der Waals surface area contributed by atoms with Gasteiger partial charge in [0, 0.05) is 65.6 Å². The fourth-order valence-corrected chi connectivity index (χ4v) is 9.56. The van der Waals surface area contributed by atoms with E-state index in [-0.39, 0.29) is 0 Å². The summed E-state index contributed by atoms with van der Waals surface area (Å²) in [6.07, 6.45) is 0. The maximum atomic E-state index is 6.71. The zero-order valence-corrected chi connectivity index (χ0v) is 31.2. The molecule has 0 N–H and O–H groups in total. The number of rotatable bonds is 4. The van der Waals surface area contributed by atoms with Crippen molar-refractivity contribution >= 4 is 87.5 Å². The topological polar surface area (TPSA) is 36.1 Å². The first-order valence-corrected chi connectivity index (χ1v) is 19.8. The molecule has 0 unspecified atom stereocenters. The fourth-order valence-electron chi connectivity index (χ4n) is 9.56. The minimum atomic E-state index is 0.871. The summed E-state index contributed by atoms with van der Waals surface area (Å²) in [6, 6.07) is 69.4. The third-order valence-electron chi connectivity index (χ3n) is 12.1. The molecule has 0 radical (unpaired) electrons. The number of fused-ring (bicyclic) bond motifs is 12. The molecular weight excluding hydrogens is 709 g/mol. The predicted octanol–water partition coefficient (Wildman–Crippen LogP) is 15.0. The van der Waals surface area contributed by atoms with Gasteiger partial charge in [-0.05, 0) is 77.9 Å². The van der Waals surface area contributed by atoms with Gasteiger partial charge in [0.15, 0.2) is 0 Å². The van der Waals surface area contributed by atoms with E-state index in [0.29, 0.717) is 0 Å². The fraction of sp³-hybridized carbons (Fsp3) is 0. The minimum Gasteiger partial charge on any atom is -0.455 e. The summed E-state index contributed by atoms with van der Waals surface area (Å²) in [5.74, 6) is 0. The highest BCUT2D eigenvalue weighted by atomic mass is 16.3. The molecule has 0 bridgehead atoms. The molecule has 4 aromatic heterocycles. The summed E-state index contributed by atoms with van der Waals surface area (Å²) >= 11 is 0. The third-order valence-corrected chi connectivity index (χ3v) is 12.1. The lowest BCUT2D eigenvalue weighted by molar-refractivity contribution is 0.670. The van der Waals surface area contributed by atoms with Gasteiger partial charge in [-0.3, -0.25) is 0 Å². The zero-order valence-electron chi connectivity index (χ0n) is 31.2. The molecule has 0 saturated carbocycles. The van der Waals surface area contributed by atoms with Crippen molar-refractivity contribution in [3.63, 3.8) is 0 Å². The van der Waals surface area contributed by atoms with Crippen LogP contribution in [0.2, 0.25) is 0 Å². The molecule has 0 aliphatic heterocycles. The Labute approximate surface area is 332 Å². The van der Waals surface area contributed by atoms with E-state index in [1.807, 2.05) is 0 Å². The van der Waals surface area contributed by atoms with Crippen LogP contribution in [0.15, 0.2) is 203 Å². The monoisotopic (exact) mass is 740 g/mol. The first kappa shape index (κ1) is 31.4. The van der Waals surface area contributed by atoms with Crippen LogP contribution in [0.3, 0.4) is 0 Å². The molecule has 13 aromatic rings. The van der Waals surface area contributed by atoms with E-state index in [2.05, 4.69) is 203 Å². The Kier molecular flexibility index (Phi) is 6.41. The van der Waals surface area contributed by atoms with Gasteiger partial charge in [0.05, 0.1) is 22.1 Å². The van der Waals surface area contributed by atoms with Crippen molar-refractivity contribution in [1.82, 2.24) is 9.13 Å². The molecule has 58 heavy (non-hydrogen) atoms. The minimum absolute atomic E-state index is 0.871. The predicted molar refractivity (Wildman–Crippen MR) is 241 cm³/mol. The number of hydrogen-bond donors (Lipinski definition) is 0. The maximum absolute atomic E-state index is 6.71. The van der Waals surface area contributed by atoms with Gasteiger partial charge in [0.1, 0.15) is 22.3 Å². The third kappa shape index (κ3) is 4.40. The van der Waals surface area contributed by atoms with Gasteiger partial charge in [-0.15, -0.1) is 0 Å². The van der Waals surface area contributed by atoms with Gasteiger partial charge in [-0.25, -0.2) is 0 Å². The molecule has 4 heteroatoms. The molecular formula is C54H32N2O2. The smallest absolute Gasteiger partial charge is 0.143 e. The van der Waals surface area contributed by atoms with Crippen LogP contribution in [0, 0.1) is 0 Å². The van der Waals surface area contributed by atoms with Gasteiger partial charge in [0.2, 0.25) is 0 Å². The molecule has 0 amide bonds. The Morgan fingerprint density at radius 3 is 1.05 bits per heavy atom. The summed E-state index contributed by atoms with van der Waals surface area (Å²) in [6.45, 7) is 0. The van der Waals surface area contributed by atoms with Crippen molar-refractivity contribution in [2.75, 3.05) is 0 Å². The lowest BCUT2D eigenvalue weighted by Crippen LogP contribution is -1.93. The SMILES string of the molecule is c1cc(-c2cccc3c2oc2ccc(-n4c5ccccc5c5ccccc54)cc23)cc(-c2cccc3c2oc2ccc(-n4c5ccccc5c5ccccc54)cc23)c1. The summed E-state index contributed by atoms with van der Waals surface area (Å²) in [7, 11) is 0. The van der Waals surface area contributed by atoms with Crippen molar-refractivity contribution in [3.8, 4) is 33.6 Å². The van der Waals surface area contributed by atoms with E-state index >= 15 is 0 Å². The second kappa shape index (κ2) is 11.8. The van der Waals surface area contributed by atoms with E-state index < -0.39 is 0 Å². The van der Waals surface area contributed by atoms with Crippen LogP contribution in [-0.4, -0.2) is 9.13 Å². The number of furan rings is 2. The van der Waals surface area contributed by atoms with Gasteiger partial charge in [-0.1, -0.05) is 127 Å². The summed E-state index contributed by atoms with van der Waals surface area (Å²) in [5, 5.41) is 9.39. The van der Waals surface area contributed by atoms with Crippen molar-refractivity contribution in [2.45, 2.75) is 0 Å². The second-order valence-corrected chi connectivity index (χ2v) is 15.2. The highest BCUT2D eigenvalue weighted by Gasteiger charge is 2.19. The Hall–Kier alpha value is -7.82. The molecule has 270 valence electrons. The molecule has 0 saturated heterocycles. The number of nitrogens with zero attached hydrogens (tertiary/aromatic N) is 2. The molecule has 0 aliphatic rings. The van der Waals surface area contributed by atoms with Gasteiger partial charge >= 0.3 is 0 Å². The largest absolute Gasteiger partial charge is 0.455 e. The van der Waals surface area contributed by atoms with Crippen LogP contribution in [0.5, 0.6) is 0 Å². The van der Waals surface area contributed by atoms with Crippen LogP contribution >= 0.6 is 0 Å². The second-order valence-electron chi connectivity index (χ2n) is 15.2. The van der Waals surface area contributed by atoms with Crippen LogP contribution in [0.25, 0.3) is 121 Å². The van der Waals surface area contributed by atoms with E-state index in [9.17, 15) is 0 Å². The van der Waals surface area contributed by atoms with Crippen molar-refractivity contribution < 1.29 is 8.83 Å². The highest BCUT2D eigenvalue weighted by molar-refractivity contribution is 6.14. The first-order chi connectivity index (χ1) is 28.8. The number of benzene rings is 9. The normalized spacial score (nSPS) is 12.1. The molecule has 0 spiro atoms. The Morgan fingerprint density at radius 2 is 0.638 bits per heavy atom.